The van der Waals surface area contributed by atoms with E-state index in [-0.39, 0.29) is 0 Å². The maximum atomic E-state index is 5.93. The van der Waals surface area contributed by atoms with Gasteiger partial charge in [0.2, 0.25) is 0 Å². The third-order valence-corrected chi connectivity index (χ3v) is 3.89. The summed E-state index contributed by atoms with van der Waals surface area (Å²) in [5.41, 5.74) is 2.62. The van der Waals surface area contributed by atoms with Gasteiger partial charge >= 0.3 is 0 Å². The van der Waals surface area contributed by atoms with Gasteiger partial charge in [0.15, 0.2) is 0 Å². The van der Waals surface area contributed by atoms with Crippen LogP contribution in [0.2, 0.25) is 5.15 Å². The molecular weight excluding hydrogens is 232 g/mol. The summed E-state index contributed by atoms with van der Waals surface area (Å²) >= 11 is 5.93. The molecule has 94 valence electrons. The van der Waals surface area contributed by atoms with E-state index in [0.717, 1.165) is 0 Å². The first kappa shape index (κ1) is 12.8. The molecular formula is C14H21ClN2. The van der Waals surface area contributed by atoms with E-state index in [2.05, 4.69) is 30.7 Å². The van der Waals surface area contributed by atoms with Gasteiger partial charge in [0.25, 0.3) is 0 Å². The second kappa shape index (κ2) is 5.36. The van der Waals surface area contributed by atoms with Crippen LogP contribution in [0.15, 0.2) is 12.3 Å². The highest BCUT2D eigenvalue weighted by atomic mass is 35.5. The van der Waals surface area contributed by atoms with Gasteiger partial charge in [-0.15, -0.1) is 0 Å². The van der Waals surface area contributed by atoms with Crippen LogP contribution in [-0.4, -0.2) is 22.5 Å². The normalized spacial score (nSPS) is 22.1. The lowest BCUT2D eigenvalue weighted by Gasteiger charge is -2.39. The fourth-order valence-corrected chi connectivity index (χ4v) is 3.00. The van der Waals surface area contributed by atoms with Gasteiger partial charge in [-0.25, -0.2) is 4.98 Å². The molecule has 0 N–H and O–H groups in total. The van der Waals surface area contributed by atoms with Gasteiger partial charge in [-0.3, -0.25) is 4.90 Å². The molecule has 0 radical (unpaired) electrons. The number of hydrogen-bond donors (Lipinski definition) is 0. The number of halogens is 1. The molecule has 0 amide bonds. The van der Waals surface area contributed by atoms with E-state index in [1.165, 1.54) is 36.9 Å². The molecule has 1 aromatic heterocycles. The van der Waals surface area contributed by atoms with E-state index in [1.807, 2.05) is 12.3 Å². The molecule has 0 saturated carbocycles. The van der Waals surface area contributed by atoms with Crippen molar-refractivity contribution in [1.29, 1.82) is 0 Å². The van der Waals surface area contributed by atoms with Crippen LogP contribution in [0.25, 0.3) is 0 Å². The van der Waals surface area contributed by atoms with Gasteiger partial charge < -0.3 is 0 Å². The van der Waals surface area contributed by atoms with Crippen molar-refractivity contribution in [2.45, 2.75) is 52.1 Å². The van der Waals surface area contributed by atoms with Crippen molar-refractivity contribution >= 4 is 11.6 Å². The van der Waals surface area contributed by atoms with E-state index in [0.29, 0.717) is 17.2 Å². The fourth-order valence-electron chi connectivity index (χ4n) is 2.79. The molecule has 1 aromatic rings. The largest absolute Gasteiger partial charge is 0.294 e. The van der Waals surface area contributed by atoms with Crippen LogP contribution in [0.5, 0.6) is 0 Å². The maximum Gasteiger partial charge on any atom is 0.129 e. The van der Waals surface area contributed by atoms with E-state index in [1.54, 1.807) is 0 Å². The summed E-state index contributed by atoms with van der Waals surface area (Å²) in [6, 6.07) is 3.09. The summed E-state index contributed by atoms with van der Waals surface area (Å²) in [5, 5.41) is 0.596. The predicted octanol–water partition coefficient (Wildman–Crippen LogP) is 3.98. The molecule has 1 atom stereocenters. The average Bonchev–Trinajstić information content (AvgIpc) is 2.29. The number of rotatable bonds is 2. The van der Waals surface area contributed by atoms with Crippen LogP contribution in [0.3, 0.4) is 0 Å². The summed E-state index contributed by atoms with van der Waals surface area (Å²) in [4.78, 5) is 6.83. The standard InChI is InChI=1S/C14H21ClN2/c1-10(2)17-7-5-4-6-13(17)12-9-16-14(15)8-11(12)3/h8-10,13H,4-7H2,1-3H3/t13-/m0/s1. The van der Waals surface area contributed by atoms with Crippen LogP contribution in [-0.2, 0) is 0 Å². The molecule has 0 unspecified atom stereocenters. The molecule has 3 heteroatoms. The van der Waals surface area contributed by atoms with E-state index in [4.69, 9.17) is 11.6 Å². The Morgan fingerprint density at radius 2 is 2.18 bits per heavy atom. The summed E-state index contributed by atoms with van der Waals surface area (Å²) in [7, 11) is 0. The molecule has 1 aliphatic heterocycles. The Hall–Kier alpha value is -0.600. The Labute approximate surface area is 109 Å². The smallest absolute Gasteiger partial charge is 0.129 e. The Bertz CT molecular complexity index is 390. The van der Waals surface area contributed by atoms with Crippen LogP contribution in [0.1, 0.15) is 50.3 Å². The quantitative estimate of drug-likeness (QED) is 0.741. The minimum atomic E-state index is 0.522. The van der Waals surface area contributed by atoms with Crippen LogP contribution in [0, 0.1) is 6.92 Å². The van der Waals surface area contributed by atoms with Crippen molar-refractivity contribution in [3.63, 3.8) is 0 Å². The van der Waals surface area contributed by atoms with Gasteiger partial charge in [0.1, 0.15) is 5.15 Å². The minimum Gasteiger partial charge on any atom is -0.294 e. The highest BCUT2D eigenvalue weighted by Gasteiger charge is 2.27. The lowest BCUT2D eigenvalue weighted by molar-refractivity contribution is 0.111. The Balaban J connectivity index is 2.29. The highest BCUT2D eigenvalue weighted by Crippen LogP contribution is 2.34. The second-order valence-electron chi connectivity index (χ2n) is 5.21. The summed E-state index contributed by atoms with van der Waals surface area (Å²) < 4.78 is 0. The zero-order valence-electron chi connectivity index (χ0n) is 10.9. The molecule has 0 aliphatic carbocycles. The molecule has 0 aromatic carbocycles. The zero-order chi connectivity index (χ0) is 12.4. The summed E-state index contributed by atoms with van der Waals surface area (Å²) in [6.07, 6.45) is 5.83. The number of nitrogens with zero attached hydrogens (tertiary/aromatic N) is 2. The fraction of sp³-hybridized carbons (Fsp3) is 0.643. The molecule has 2 heterocycles. The SMILES string of the molecule is Cc1cc(Cl)ncc1[C@@H]1CCCCN1C(C)C. The maximum absolute atomic E-state index is 5.93. The second-order valence-corrected chi connectivity index (χ2v) is 5.59. The van der Waals surface area contributed by atoms with Crippen LogP contribution in [0.4, 0.5) is 0 Å². The molecule has 1 fully saturated rings. The van der Waals surface area contributed by atoms with Crippen molar-refractivity contribution in [2.24, 2.45) is 0 Å². The Kier molecular flexibility index (Phi) is 4.05. The zero-order valence-corrected chi connectivity index (χ0v) is 11.7. The topological polar surface area (TPSA) is 16.1 Å². The summed E-state index contributed by atoms with van der Waals surface area (Å²) in [5.74, 6) is 0. The van der Waals surface area contributed by atoms with E-state index in [9.17, 15) is 0 Å². The third-order valence-electron chi connectivity index (χ3n) is 3.68. The molecule has 1 saturated heterocycles. The first-order chi connectivity index (χ1) is 8.09. The average molecular weight is 253 g/mol. The molecule has 17 heavy (non-hydrogen) atoms. The molecule has 1 aliphatic rings. The number of pyridine rings is 1. The van der Waals surface area contributed by atoms with Crippen molar-refractivity contribution in [3.05, 3.63) is 28.5 Å². The van der Waals surface area contributed by atoms with E-state index >= 15 is 0 Å². The number of hydrogen-bond acceptors (Lipinski definition) is 2. The van der Waals surface area contributed by atoms with Gasteiger partial charge in [-0.2, -0.15) is 0 Å². The van der Waals surface area contributed by atoms with Gasteiger partial charge in [0.05, 0.1) is 0 Å². The predicted molar refractivity (Wildman–Crippen MR) is 72.4 cm³/mol. The lowest BCUT2D eigenvalue weighted by Crippen LogP contribution is -2.38. The molecule has 0 bridgehead atoms. The minimum absolute atomic E-state index is 0.522. The Morgan fingerprint density at radius 1 is 1.41 bits per heavy atom. The number of aryl methyl sites for hydroxylation is 1. The van der Waals surface area contributed by atoms with Gasteiger partial charge in [0, 0.05) is 18.3 Å². The third kappa shape index (κ3) is 2.80. The van der Waals surface area contributed by atoms with Crippen LogP contribution >= 0.6 is 11.6 Å². The van der Waals surface area contributed by atoms with Gasteiger partial charge in [-0.05, 0) is 57.4 Å². The number of piperidine rings is 1. The highest BCUT2D eigenvalue weighted by molar-refractivity contribution is 6.29. The van der Waals surface area contributed by atoms with Crippen molar-refractivity contribution in [3.8, 4) is 0 Å². The van der Waals surface area contributed by atoms with E-state index < -0.39 is 0 Å². The first-order valence-corrected chi connectivity index (χ1v) is 6.85. The van der Waals surface area contributed by atoms with Crippen molar-refractivity contribution in [2.75, 3.05) is 6.54 Å². The van der Waals surface area contributed by atoms with Gasteiger partial charge in [-0.1, -0.05) is 18.0 Å². The number of aromatic nitrogens is 1. The molecule has 2 rings (SSSR count). The van der Waals surface area contributed by atoms with Crippen molar-refractivity contribution < 1.29 is 0 Å². The Morgan fingerprint density at radius 3 is 2.82 bits per heavy atom. The van der Waals surface area contributed by atoms with Crippen LogP contribution < -0.4 is 0 Å². The monoisotopic (exact) mass is 252 g/mol. The van der Waals surface area contributed by atoms with Crippen molar-refractivity contribution in [1.82, 2.24) is 9.88 Å². The summed E-state index contributed by atoms with van der Waals surface area (Å²) in [6.45, 7) is 7.88. The molecule has 2 nitrogen and oxygen atoms in total. The molecule has 0 spiro atoms. The lowest BCUT2D eigenvalue weighted by atomic mass is 9.92. The number of likely N-dealkylation sites (tertiary alicyclic amines) is 1. The first-order valence-electron chi connectivity index (χ1n) is 6.47.